The van der Waals surface area contributed by atoms with Gasteiger partial charge in [0.1, 0.15) is 5.75 Å². The molecule has 4 heteroatoms. The highest BCUT2D eigenvalue weighted by atomic mass is 16.5. The third-order valence-electron chi connectivity index (χ3n) is 3.84. The van der Waals surface area contributed by atoms with Crippen LogP contribution in [0.1, 0.15) is 24.8 Å². The van der Waals surface area contributed by atoms with Crippen molar-refractivity contribution in [1.82, 2.24) is 4.90 Å². The van der Waals surface area contributed by atoms with E-state index in [0.717, 1.165) is 11.3 Å². The number of aliphatic hydroxyl groups is 1. The van der Waals surface area contributed by atoms with Gasteiger partial charge in [0.25, 0.3) is 5.91 Å². The maximum absolute atomic E-state index is 12.4. The topological polar surface area (TPSA) is 49.8 Å². The third kappa shape index (κ3) is 1.77. The summed E-state index contributed by atoms with van der Waals surface area (Å²) in [7, 11) is 0. The molecule has 0 aromatic heterocycles. The van der Waals surface area contributed by atoms with E-state index in [4.69, 9.17) is 4.74 Å². The minimum Gasteiger partial charge on any atom is -0.480 e. The Hall–Kier alpha value is -1.55. The lowest BCUT2D eigenvalue weighted by Crippen LogP contribution is -2.41. The van der Waals surface area contributed by atoms with Gasteiger partial charge in [0.2, 0.25) is 0 Å². The van der Waals surface area contributed by atoms with Gasteiger partial charge in [0, 0.05) is 24.6 Å². The molecule has 96 valence electrons. The Balaban J connectivity index is 1.78. The molecule has 2 unspecified atom stereocenters. The first-order valence-corrected chi connectivity index (χ1v) is 6.39. The molecule has 1 saturated heterocycles. The highest BCUT2D eigenvalue weighted by Crippen LogP contribution is 2.38. The second kappa shape index (κ2) is 4.28. The van der Waals surface area contributed by atoms with Crippen LogP contribution in [0.4, 0.5) is 0 Å². The van der Waals surface area contributed by atoms with E-state index in [2.05, 4.69) is 0 Å². The number of ether oxygens (including phenoxy) is 1. The van der Waals surface area contributed by atoms with Crippen molar-refractivity contribution in [2.24, 2.45) is 0 Å². The van der Waals surface area contributed by atoms with Gasteiger partial charge in [-0.05, 0) is 12.5 Å². The molecule has 3 atom stereocenters. The predicted octanol–water partition coefficient (Wildman–Crippen LogP) is 1.14. The second-order valence-corrected chi connectivity index (χ2v) is 5.09. The predicted molar refractivity (Wildman–Crippen MR) is 66.5 cm³/mol. The Morgan fingerprint density at radius 1 is 1.44 bits per heavy atom. The van der Waals surface area contributed by atoms with Gasteiger partial charge in [-0.1, -0.05) is 25.1 Å². The van der Waals surface area contributed by atoms with Crippen molar-refractivity contribution in [3.63, 3.8) is 0 Å². The van der Waals surface area contributed by atoms with Crippen molar-refractivity contribution < 1.29 is 14.6 Å². The molecule has 3 rings (SSSR count). The number of amides is 1. The highest BCUT2D eigenvalue weighted by Gasteiger charge is 2.40. The summed E-state index contributed by atoms with van der Waals surface area (Å²) < 4.78 is 5.76. The molecular weight excluding hydrogens is 230 g/mol. The maximum atomic E-state index is 12.4. The van der Waals surface area contributed by atoms with Gasteiger partial charge in [-0.25, -0.2) is 0 Å². The van der Waals surface area contributed by atoms with Crippen LogP contribution < -0.4 is 4.74 Å². The molecule has 0 saturated carbocycles. The lowest BCUT2D eigenvalue weighted by Gasteiger charge is -2.22. The van der Waals surface area contributed by atoms with E-state index >= 15 is 0 Å². The number of fused-ring (bicyclic) bond motifs is 1. The summed E-state index contributed by atoms with van der Waals surface area (Å²) in [5, 5.41) is 9.50. The molecule has 1 N–H and O–H groups in total. The number of rotatable bonds is 1. The maximum Gasteiger partial charge on any atom is 0.264 e. The average Bonchev–Trinajstić information content (AvgIpc) is 2.94. The summed E-state index contributed by atoms with van der Waals surface area (Å²) in [5.74, 6) is 0.879. The number of carbonyl (C=O) groups is 1. The molecule has 2 heterocycles. The Kier molecular flexibility index (Phi) is 2.74. The molecule has 2 aliphatic heterocycles. The molecule has 0 aliphatic carbocycles. The number of β-amino-alcohol motifs (C(OH)–C–C–N with tert-alkyl or cyclic N) is 1. The first kappa shape index (κ1) is 11.5. The van der Waals surface area contributed by atoms with Gasteiger partial charge in [-0.15, -0.1) is 0 Å². The number of aliphatic hydroxyl groups excluding tert-OH is 1. The van der Waals surface area contributed by atoms with E-state index in [9.17, 15) is 9.90 Å². The van der Waals surface area contributed by atoms with E-state index in [1.165, 1.54) is 0 Å². The standard InChI is InChI=1S/C14H17NO3/c1-9-11-4-2-3-5-12(11)18-13(9)14(17)15-7-6-10(16)8-15/h2-5,9-10,13,16H,6-8H2,1H3/t9?,10-,13?/m1/s1. The largest absolute Gasteiger partial charge is 0.480 e. The smallest absolute Gasteiger partial charge is 0.264 e. The Morgan fingerprint density at radius 3 is 2.89 bits per heavy atom. The summed E-state index contributed by atoms with van der Waals surface area (Å²) in [4.78, 5) is 14.1. The molecule has 0 bridgehead atoms. The van der Waals surface area contributed by atoms with Gasteiger partial charge in [0.05, 0.1) is 6.10 Å². The molecule has 1 aromatic carbocycles. The Morgan fingerprint density at radius 2 is 2.22 bits per heavy atom. The molecule has 0 spiro atoms. The number of nitrogens with zero attached hydrogens (tertiary/aromatic N) is 1. The zero-order chi connectivity index (χ0) is 12.7. The molecule has 2 aliphatic rings. The van der Waals surface area contributed by atoms with E-state index in [-0.39, 0.29) is 17.9 Å². The van der Waals surface area contributed by atoms with E-state index in [0.29, 0.717) is 19.5 Å². The zero-order valence-corrected chi connectivity index (χ0v) is 10.4. The van der Waals surface area contributed by atoms with Crippen molar-refractivity contribution in [1.29, 1.82) is 0 Å². The van der Waals surface area contributed by atoms with Gasteiger partial charge in [-0.2, -0.15) is 0 Å². The number of carbonyl (C=O) groups excluding carboxylic acids is 1. The van der Waals surface area contributed by atoms with Crippen molar-refractivity contribution in [2.45, 2.75) is 31.5 Å². The normalized spacial score (nSPS) is 30.1. The van der Waals surface area contributed by atoms with Crippen LogP contribution in [0.25, 0.3) is 0 Å². The number of hydrogen-bond acceptors (Lipinski definition) is 3. The fourth-order valence-corrected chi connectivity index (χ4v) is 2.75. The number of likely N-dealkylation sites (tertiary alicyclic amines) is 1. The lowest BCUT2D eigenvalue weighted by atomic mass is 9.97. The van der Waals surface area contributed by atoms with Crippen LogP contribution in [0.5, 0.6) is 5.75 Å². The monoisotopic (exact) mass is 247 g/mol. The third-order valence-corrected chi connectivity index (χ3v) is 3.84. The van der Waals surface area contributed by atoms with Crippen molar-refractivity contribution in [2.75, 3.05) is 13.1 Å². The van der Waals surface area contributed by atoms with E-state index in [1.807, 2.05) is 31.2 Å². The van der Waals surface area contributed by atoms with Crippen molar-refractivity contribution in [3.05, 3.63) is 29.8 Å². The molecule has 1 fully saturated rings. The fourth-order valence-electron chi connectivity index (χ4n) is 2.75. The minimum absolute atomic E-state index is 0.00440. The molecule has 1 aromatic rings. The van der Waals surface area contributed by atoms with E-state index in [1.54, 1.807) is 4.90 Å². The summed E-state index contributed by atoms with van der Waals surface area (Å²) in [6.45, 7) is 3.07. The van der Waals surface area contributed by atoms with Crippen molar-refractivity contribution >= 4 is 5.91 Å². The summed E-state index contributed by atoms with van der Waals surface area (Å²) in [5.41, 5.74) is 1.09. The van der Waals surface area contributed by atoms with Crippen LogP contribution in [-0.2, 0) is 4.79 Å². The van der Waals surface area contributed by atoms with Crippen LogP contribution in [0.3, 0.4) is 0 Å². The fraction of sp³-hybridized carbons (Fsp3) is 0.500. The molecule has 18 heavy (non-hydrogen) atoms. The quantitative estimate of drug-likeness (QED) is 0.809. The zero-order valence-electron chi connectivity index (χ0n) is 10.4. The van der Waals surface area contributed by atoms with Gasteiger partial charge >= 0.3 is 0 Å². The van der Waals surface area contributed by atoms with Gasteiger partial charge in [0.15, 0.2) is 6.10 Å². The van der Waals surface area contributed by atoms with Crippen LogP contribution >= 0.6 is 0 Å². The highest BCUT2D eigenvalue weighted by molar-refractivity contribution is 5.84. The minimum atomic E-state index is -0.437. The molecular formula is C14H17NO3. The first-order valence-electron chi connectivity index (χ1n) is 6.39. The summed E-state index contributed by atoms with van der Waals surface area (Å²) in [6, 6.07) is 7.78. The molecule has 0 radical (unpaired) electrons. The van der Waals surface area contributed by atoms with Gasteiger partial charge in [-0.3, -0.25) is 4.79 Å². The lowest BCUT2D eigenvalue weighted by molar-refractivity contribution is -0.137. The summed E-state index contributed by atoms with van der Waals surface area (Å²) >= 11 is 0. The molecule has 4 nitrogen and oxygen atoms in total. The van der Waals surface area contributed by atoms with Crippen LogP contribution in [0.2, 0.25) is 0 Å². The van der Waals surface area contributed by atoms with Crippen LogP contribution in [-0.4, -0.2) is 41.2 Å². The SMILES string of the molecule is CC1c2ccccc2OC1C(=O)N1CC[C@@H](O)C1. The first-order chi connectivity index (χ1) is 8.66. The average molecular weight is 247 g/mol. The van der Waals surface area contributed by atoms with Gasteiger partial charge < -0.3 is 14.7 Å². The van der Waals surface area contributed by atoms with Crippen LogP contribution in [0, 0.1) is 0 Å². The summed E-state index contributed by atoms with van der Waals surface area (Å²) in [6.07, 6.45) is -0.152. The number of para-hydroxylation sites is 1. The van der Waals surface area contributed by atoms with Crippen LogP contribution in [0.15, 0.2) is 24.3 Å². The Bertz CT molecular complexity index is 474. The van der Waals surface area contributed by atoms with E-state index < -0.39 is 6.10 Å². The number of benzene rings is 1. The van der Waals surface area contributed by atoms with Crippen molar-refractivity contribution in [3.8, 4) is 5.75 Å². The number of hydrogen-bond donors (Lipinski definition) is 1. The Labute approximate surface area is 106 Å². The molecule has 1 amide bonds. The second-order valence-electron chi connectivity index (χ2n) is 5.09.